The van der Waals surface area contributed by atoms with Crippen LogP contribution in [0.15, 0.2) is 24.3 Å². The summed E-state index contributed by atoms with van der Waals surface area (Å²) >= 11 is 0. The molecule has 1 unspecified atom stereocenters. The van der Waals surface area contributed by atoms with Crippen molar-refractivity contribution in [3.8, 4) is 5.75 Å². The molecule has 2 rings (SSSR count). The highest BCUT2D eigenvalue weighted by Gasteiger charge is 2.19. The van der Waals surface area contributed by atoms with Crippen molar-refractivity contribution in [2.45, 2.75) is 26.7 Å². The summed E-state index contributed by atoms with van der Waals surface area (Å²) < 4.78 is 5.75. The maximum absolute atomic E-state index is 11.2. The van der Waals surface area contributed by atoms with Crippen LogP contribution in [0.3, 0.4) is 0 Å². The number of nitrogens with one attached hydrogen (secondary N) is 1. The van der Waals surface area contributed by atoms with Crippen LogP contribution in [0, 0.1) is 5.92 Å². The van der Waals surface area contributed by atoms with Gasteiger partial charge in [-0.25, -0.2) is 0 Å². The Morgan fingerprint density at radius 3 is 2.74 bits per heavy atom. The van der Waals surface area contributed by atoms with Gasteiger partial charge >= 0.3 is 0 Å². The molecule has 0 aliphatic carbocycles. The molecule has 104 valence electrons. The van der Waals surface area contributed by atoms with Gasteiger partial charge in [0, 0.05) is 11.5 Å². The fourth-order valence-corrected chi connectivity index (χ4v) is 2.72. The van der Waals surface area contributed by atoms with Crippen LogP contribution >= 0.6 is 0 Å². The minimum atomic E-state index is 0.0956. The van der Waals surface area contributed by atoms with Crippen LogP contribution in [0.2, 0.25) is 0 Å². The zero-order valence-electron chi connectivity index (χ0n) is 11.9. The number of quaternary nitrogens is 1. The van der Waals surface area contributed by atoms with Gasteiger partial charge in [0.1, 0.15) is 18.9 Å². The van der Waals surface area contributed by atoms with Gasteiger partial charge in [0.25, 0.3) is 0 Å². The van der Waals surface area contributed by atoms with E-state index in [0.717, 1.165) is 30.4 Å². The average Bonchev–Trinajstić information content (AvgIpc) is 2.39. The van der Waals surface area contributed by atoms with E-state index in [1.54, 1.807) is 11.8 Å². The zero-order chi connectivity index (χ0) is 13.7. The predicted octanol–water partition coefficient (Wildman–Crippen LogP) is 1.58. The third-order valence-electron chi connectivity index (χ3n) is 3.85. The fraction of sp³-hybridized carbons (Fsp3) is 0.562. The molecule has 0 radical (unpaired) electrons. The Morgan fingerprint density at radius 2 is 2.11 bits per heavy atom. The summed E-state index contributed by atoms with van der Waals surface area (Å²) in [5.74, 6) is 1.80. The second-order valence-electron chi connectivity index (χ2n) is 5.63. The van der Waals surface area contributed by atoms with Crippen LogP contribution in [0.25, 0.3) is 0 Å². The SMILES string of the molecule is CC(=O)c1ccc(OCC[NH+]2CCC[C@H](C)C2)cc1. The van der Waals surface area contributed by atoms with Gasteiger partial charge in [-0.15, -0.1) is 0 Å². The Bertz CT molecular complexity index is 413. The molecule has 1 aromatic carbocycles. The summed E-state index contributed by atoms with van der Waals surface area (Å²) in [6, 6.07) is 7.41. The van der Waals surface area contributed by atoms with Crippen molar-refractivity contribution < 1.29 is 14.4 Å². The highest BCUT2D eigenvalue weighted by molar-refractivity contribution is 5.94. The molecule has 0 amide bonds. The summed E-state index contributed by atoms with van der Waals surface area (Å²) in [7, 11) is 0. The number of Topliss-reactive ketones (excluding diaryl/α,β-unsaturated/α-hetero) is 1. The molecule has 3 nitrogen and oxygen atoms in total. The van der Waals surface area contributed by atoms with E-state index < -0.39 is 0 Å². The van der Waals surface area contributed by atoms with E-state index in [2.05, 4.69) is 6.92 Å². The molecule has 0 bridgehead atoms. The van der Waals surface area contributed by atoms with Gasteiger partial charge in [-0.1, -0.05) is 6.92 Å². The van der Waals surface area contributed by atoms with Crippen molar-refractivity contribution in [3.05, 3.63) is 29.8 Å². The lowest BCUT2D eigenvalue weighted by Crippen LogP contribution is -3.14. The van der Waals surface area contributed by atoms with Crippen LogP contribution in [0.4, 0.5) is 0 Å². The smallest absolute Gasteiger partial charge is 0.159 e. The number of ether oxygens (including phenoxy) is 1. The number of piperidine rings is 1. The first-order chi connectivity index (χ1) is 9.15. The molecule has 0 aromatic heterocycles. The molecule has 0 spiro atoms. The van der Waals surface area contributed by atoms with Crippen LogP contribution in [-0.2, 0) is 0 Å². The van der Waals surface area contributed by atoms with Gasteiger partial charge in [-0.2, -0.15) is 0 Å². The van der Waals surface area contributed by atoms with Gasteiger partial charge in [-0.3, -0.25) is 4.79 Å². The molecule has 1 saturated heterocycles. The van der Waals surface area contributed by atoms with E-state index in [-0.39, 0.29) is 5.78 Å². The topological polar surface area (TPSA) is 30.7 Å². The summed E-state index contributed by atoms with van der Waals surface area (Å²) in [5.41, 5.74) is 0.739. The van der Waals surface area contributed by atoms with Crippen LogP contribution in [0.5, 0.6) is 5.75 Å². The number of hydrogen-bond donors (Lipinski definition) is 1. The van der Waals surface area contributed by atoms with E-state index in [9.17, 15) is 4.79 Å². The quantitative estimate of drug-likeness (QED) is 0.817. The fourth-order valence-electron chi connectivity index (χ4n) is 2.72. The van der Waals surface area contributed by atoms with E-state index in [1.807, 2.05) is 24.3 Å². The molecule has 1 aliphatic rings. The van der Waals surface area contributed by atoms with Gasteiger partial charge < -0.3 is 9.64 Å². The summed E-state index contributed by atoms with van der Waals surface area (Å²) in [6.07, 6.45) is 2.71. The lowest BCUT2D eigenvalue weighted by Gasteiger charge is -2.27. The Hall–Kier alpha value is -1.35. The number of carbonyl (C=O) groups is 1. The Morgan fingerprint density at radius 1 is 1.37 bits per heavy atom. The van der Waals surface area contributed by atoms with Crippen molar-refractivity contribution >= 4 is 5.78 Å². The standard InChI is InChI=1S/C16H23NO2/c1-13-4-3-9-17(12-13)10-11-19-16-7-5-15(6-8-16)14(2)18/h5-8,13H,3-4,9-12H2,1-2H3/p+1/t13-/m0/s1. The van der Waals surface area contributed by atoms with Crippen molar-refractivity contribution in [1.29, 1.82) is 0 Å². The van der Waals surface area contributed by atoms with E-state index in [1.165, 1.54) is 25.9 Å². The maximum Gasteiger partial charge on any atom is 0.159 e. The summed E-state index contributed by atoms with van der Waals surface area (Å²) in [4.78, 5) is 12.8. The van der Waals surface area contributed by atoms with E-state index in [0.29, 0.717) is 0 Å². The molecule has 1 aliphatic heterocycles. The number of carbonyl (C=O) groups excluding carboxylic acids is 1. The van der Waals surface area contributed by atoms with Crippen molar-refractivity contribution in [1.82, 2.24) is 0 Å². The maximum atomic E-state index is 11.2. The average molecular weight is 262 g/mol. The molecular weight excluding hydrogens is 238 g/mol. The van der Waals surface area contributed by atoms with E-state index >= 15 is 0 Å². The normalized spacial score (nSPS) is 23.1. The molecular formula is C16H24NO2+. The molecule has 0 saturated carbocycles. The molecule has 19 heavy (non-hydrogen) atoms. The molecule has 1 aromatic rings. The Kier molecular flexibility index (Phi) is 4.97. The first-order valence-corrected chi connectivity index (χ1v) is 7.22. The zero-order valence-corrected chi connectivity index (χ0v) is 11.9. The third kappa shape index (κ3) is 4.35. The Labute approximate surface area is 115 Å². The number of ketones is 1. The summed E-state index contributed by atoms with van der Waals surface area (Å²) in [6.45, 7) is 8.28. The van der Waals surface area contributed by atoms with Crippen molar-refractivity contribution in [3.63, 3.8) is 0 Å². The number of hydrogen-bond acceptors (Lipinski definition) is 2. The van der Waals surface area contributed by atoms with Crippen molar-refractivity contribution in [2.75, 3.05) is 26.2 Å². The minimum Gasteiger partial charge on any atom is -0.488 e. The number of rotatable bonds is 5. The van der Waals surface area contributed by atoms with Gasteiger partial charge in [-0.05, 0) is 44.0 Å². The van der Waals surface area contributed by atoms with Crippen molar-refractivity contribution in [2.24, 2.45) is 5.92 Å². The highest BCUT2D eigenvalue weighted by atomic mass is 16.5. The van der Waals surface area contributed by atoms with Crippen LogP contribution in [0.1, 0.15) is 37.0 Å². The molecule has 3 heteroatoms. The second kappa shape index (κ2) is 6.71. The molecule has 1 fully saturated rings. The minimum absolute atomic E-state index is 0.0956. The van der Waals surface area contributed by atoms with Gasteiger partial charge in [0.2, 0.25) is 0 Å². The van der Waals surface area contributed by atoms with Crippen LogP contribution in [-0.4, -0.2) is 32.0 Å². The lowest BCUT2D eigenvalue weighted by molar-refractivity contribution is -0.908. The third-order valence-corrected chi connectivity index (χ3v) is 3.85. The Balaban J connectivity index is 1.74. The number of benzene rings is 1. The van der Waals surface area contributed by atoms with Gasteiger partial charge in [0.15, 0.2) is 5.78 Å². The predicted molar refractivity (Wildman–Crippen MR) is 75.9 cm³/mol. The molecule has 1 heterocycles. The summed E-state index contributed by atoms with van der Waals surface area (Å²) in [5, 5.41) is 0. The largest absolute Gasteiger partial charge is 0.488 e. The second-order valence-corrected chi connectivity index (χ2v) is 5.63. The monoisotopic (exact) mass is 262 g/mol. The lowest BCUT2D eigenvalue weighted by atomic mass is 10.0. The van der Waals surface area contributed by atoms with E-state index in [4.69, 9.17) is 4.74 Å². The first kappa shape index (κ1) is 14.1. The molecule has 2 atom stereocenters. The van der Waals surface area contributed by atoms with Gasteiger partial charge in [0.05, 0.1) is 13.1 Å². The molecule has 1 N–H and O–H groups in total. The highest BCUT2D eigenvalue weighted by Crippen LogP contribution is 2.12. The number of likely N-dealkylation sites (tertiary alicyclic amines) is 1. The van der Waals surface area contributed by atoms with Crippen LogP contribution < -0.4 is 9.64 Å². The first-order valence-electron chi connectivity index (χ1n) is 7.22.